The number of thioether (sulfide) groups is 1. The van der Waals surface area contributed by atoms with E-state index in [2.05, 4.69) is 11.1 Å². The van der Waals surface area contributed by atoms with Gasteiger partial charge in [0.25, 0.3) is 5.91 Å². The highest BCUT2D eigenvalue weighted by molar-refractivity contribution is 7.98. The second-order valence-electron chi connectivity index (χ2n) is 6.30. The predicted molar refractivity (Wildman–Crippen MR) is 102 cm³/mol. The van der Waals surface area contributed by atoms with Gasteiger partial charge in [-0.1, -0.05) is 30.0 Å². The number of nitrogens with zero attached hydrogens (tertiary/aromatic N) is 3. The van der Waals surface area contributed by atoms with Crippen LogP contribution in [0.2, 0.25) is 0 Å². The number of fused-ring (bicyclic) bond motifs is 1. The van der Waals surface area contributed by atoms with E-state index < -0.39 is 0 Å². The first-order valence-electron chi connectivity index (χ1n) is 8.39. The van der Waals surface area contributed by atoms with Crippen LogP contribution in [0.25, 0.3) is 5.69 Å². The Bertz CT molecular complexity index is 967. The molecule has 2 heterocycles. The third-order valence-corrected chi connectivity index (χ3v) is 5.30. The Morgan fingerprint density at radius 1 is 1.19 bits per heavy atom. The highest BCUT2D eigenvalue weighted by Gasteiger charge is 2.33. The zero-order valence-corrected chi connectivity index (χ0v) is 15.3. The minimum absolute atomic E-state index is 0.0780. The fourth-order valence-electron chi connectivity index (χ4n) is 3.47. The average molecular weight is 367 g/mol. The van der Waals surface area contributed by atoms with Crippen molar-refractivity contribution in [2.45, 2.75) is 24.5 Å². The van der Waals surface area contributed by atoms with E-state index in [9.17, 15) is 9.18 Å². The number of anilines is 1. The molecule has 0 radical (unpaired) electrons. The maximum atomic E-state index is 13.4. The van der Waals surface area contributed by atoms with Gasteiger partial charge in [0, 0.05) is 17.4 Å². The van der Waals surface area contributed by atoms with Crippen molar-refractivity contribution in [2.24, 2.45) is 0 Å². The highest BCUT2D eigenvalue weighted by Crippen LogP contribution is 2.34. The molecule has 0 spiro atoms. The third-order valence-electron chi connectivity index (χ3n) is 4.64. The molecule has 0 saturated heterocycles. The molecule has 1 aliphatic heterocycles. The van der Waals surface area contributed by atoms with E-state index in [1.807, 2.05) is 36.3 Å². The molecular formula is C20H18FN3OS. The highest BCUT2D eigenvalue weighted by atomic mass is 32.2. The zero-order chi connectivity index (χ0) is 18.3. The van der Waals surface area contributed by atoms with Crippen LogP contribution in [-0.4, -0.2) is 27.8 Å². The number of hydrogen-bond donors (Lipinski definition) is 0. The van der Waals surface area contributed by atoms with Crippen molar-refractivity contribution in [1.82, 2.24) is 9.55 Å². The van der Waals surface area contributed by atoms with Crippen LogP contribution in [0.15, 0.2) is 59.9 Å². The number of benzene rings is 2. The Morgan fingerprint density at radius 2 is 1.92 bits per heavy atom. The van der Waals surface area contributed by atoms with E-state index in [0.29, 0.717) is 10.9 Å². The molecule has 2 aromatic carbocycles. The summed E-state index contributed by atoms with van der Waals surface area (Å²) in [4.78, 5) is 19.6. The van der Waals surface area contributed by atoms with Crippen molar-refractivity contribution in [3.05, 3.63) is 71.8 Å². The number of halogens is 1. The summed E-state index contributed by atoms with van der Waals surface area (Å²) < 4.78 is 15.1. The molecule has 1 amide bonds. The predicted octanol–water partition coefficient (Wildman–Crippen LogP) is 4.32. The number of carbonyl (C=O) groups is 1. The molecule has 4 rings (SSSR count). The first kappa shape index (κ1) is 16.8. The molecule has 3 aromatic rings. The van der Waals surface area contributed by atoms with Gasteiger partial charge in [-0.15, -0.1) is 0 Å². The zero-order valence-electron chi connectivity index (χ0n) is 14.5. The van der Waals surface area contributed by atoms with Crippen molar-refractivity contribution >= 4 is 23.4 Å². The molecule has 1 unspecified atom stereocenters. The molecule has 1 aliphatic rings. The fourth-order valence-corrected chi connectivity index (χ4v) is 4.01. The third kappa shape index (κ3) is 2.70. The maximum absolute atomic E-state index is 13.4. The Hall–Kier alpha value is -2.60. The minimum Gasteiger partial charge on any atom is -0.304 e. The lowest BCUT2D eigenvalue weighted by molar-refractivity contribution is 0.0974. The first-order valence-corrected chi connectivity index (χ1v) is 9.61. The number of carbonyl (C=O) groups excluding carboxylic acids is 1. The number of aromatic nitrogens is 2. The van der Waals surface area contributed by atoms with E-state index in [4.69, 9.17) is 0 Å². The molecule has 0 bridgehead atoms. The SMILES string of the molecule is CSc1ncc(C(=O)N2c3ccccc3CC2C)n1-c1ccc(F)cc1. The van der Waals surface area contributed by atoms with E-state index in [1.54, 1.807) is 22.9 Å². The molecule has 6 heteroatoms. The lowest BCUT2D eigenvalue weighted by atomic mass is 10.1. The van der Waals surface area contributed by atoms with Gasteiger partial charge in [0.1, 0.15) is 11.5 Å². The Labute approximate surface area is 155 Å². The monoisotopic (exact) mass is 367 g/mol. The topological polar surface area (TPSA) is 38.1 Å². The summed E-state index contributed by atoms with van der Waals surface area (Å²) in [5, 5.41) is 0.695. The molecule has 0 aliphatic carbocycles. The first-order chi connectivity index (χ1) is 12.6. The summed E-state index contributed by atoms with van der Waals surface area (Å²) >= 11 is 1.45. The van der Waals surface area contributed by atoms with Crippen LogP contribution in [0, 0.1) is 5.82 Å². The number of rotatable bonds is 3. The number of hydrogen-bond acceptors (Lipinski definition) is 3. The van der Waals surface area contributed by atoms with Crippen LogP contribution in [0.3, 0.4) is 0 Å². The van der Waals surface area contributed by atoms with Crippen LogP contribution in [0.4, 0.5) is 10.1 Å². The average Bonchev–Trinajstić information content (AvgIpc) is 3.22. The van der Waals surface area contributed by atoms with Gasteiger partial charge in [0.15, 0.2) is 5.16 Å². The molecule has 0 fully saturated rings. The van der Waals surface area contributed by atoms with E-state index in [1.165, 1.54) is 29.5 Å². The largest absolute Gasteiger partial charge is 0.304 e. The van der Waals surface area contributed by atoms with E-state index >= 15 is 0 Å². The van der Waals surface area contributed by atoms with Gasteiger partial charge in [0.05, 0.1) is 6.20 Å². The van der Waals surface area contributed by atoms with Crippen molar-refractivity contribution in [3.8, 4) is 5.69 Å². The Kier molecular flexibility index (Phi) is 4.28. The molecule has 0 N–H and O–H groups in total. The summed E-state index contributed by atoms with van der Waals surface area (Å²) in [6.07, 6.45) is 4.34. The Balaban J connectivity index is 1.80. The van der Waals surface area contributed by atoms with Gasteiger partial charge in [-0.2, -0.15) is 0 Å². The van der Waals surface area contributed by atoms with Crippen LogP contribution in [0.1, 0.15) is 23.0 Å². The quantitative estimate of drug-likeness (QED) is 0.647. The van der Waals surface area contributed by atoms with Crippen molar-refractivity contribution < 1.29 is 9.18 Å². The van der Waals surface area contributed by atoms with Crippen LogP contribution in [-0.2, 0) is 6.42 Å². The molecule has 4 nitrogen and oxygen atoms in total. The van der Waals surface area contributed by atoms with Gasteiger partial charge in [-0.3, -0.25) is 9.36 Å². The molecule has 0 saturated carbocycles. The summed E-state index contributed by atoms with van der Waals surface area (Å²) in [5.41, 5.74) is 3.31. The number of amides is 1. The lowest BCUT2D eigenvalue weighted by Gasteiger charge is -2.23. The molecular weight excluding hydrogens is 349 g/mol. The standard InChI is InChI=1S/C20H18FN3OS/c1-13-11-14-5-3-4-6-17(14)23(13)19(25)18-12-22-20(26-2)24(18)16-9-7-15(21)8-10-16/h3-10,12-13H,11H2,1-2H3. The smallest absolute Gasteiger partial charge is 0.277 e. The minimum atomic E-state index is -0.311. The normalized spacial score (nSPS) is 16.0. The Morgan fingerprint density at radius 3 is 2.65 bits per heavy atom. The van der Waals surface area contributed by atoms with Crippen molar-refractivity contribution in [1.29, 1.82) is 0 Å². The lowest BCUT2D eigenvalue weighted by Crippen LogP contribution is -2.36. The second kappa shape index (κ2) is 6.61. The molecule has 26 heavy (non-hydrogen) atoms. The summed E-state index contributed by atoms with van der Waals surface area (Å²) in [6.45, 7) is 2.05. The van der Waals surface area contributed by atoms with Crippen LogP contribution in [0.5, 0.6) is 0 Å². The number of para-hydroxylation sites is 1. The van der Waals surface area contributed by atoms with Crippen LogP contribution >= 0.6 is 11.8 Å². The van der Waals surface area contributed by atoms with Gasteiger partial charge < -0.3 is 4.90 Å². The van der Waals surface area contributed by atoms with E-state index in [-0.39, 0.29) is 17.8 Å². The fraction of sp³-hybridized carbons (Fsp3) is 0.200. The molecule has 1 atom stereocenters. The molecule has 1 aromatic heterocycles. The van der Waals surface area contributed by atoms with Gasteiger partial charge in [-0.05, 0) is 55.5 Å². The summed E-state index contributed by atoms with van der Waals surface area (Å²) in [5.74, 6) is -0.408. The summed E-state index contributed by atoms with van der Waals surface area (Å²) in [6, 6.07) is 14.2. The van der Waals surface area contributed by atoms with Gasteiger partial charge in [-0.25, -0.2) is 9.37 Å². The summed E-state index contributed by atoms with van der Waals surface area (Å²) in [7, 11) is 0. The van der Waals surface area contributed by atoms with E-state index in [0.717, 1.165) is 17.8 Å². The number of imidazole rings is 1. The van der Waals surface area contributed by atoms with Crippen molar-refractivity contribution in [3.63, 3.8) is 0 Å². The maximum Gasteiger partial charge on any atom is 0.277 e. The van der Waals surface area contributed by atoms with Crippen molar-refractivity contribution in [2.75, 3.05) is 11.2 Å². The van der Waals surface area contributed by atoms with Gasteiger partial charge in [0.2, 0.25) is 0 Å². The second-order valence-corrected chi connectivity index (χ2v) is 7.07. The molecule has 132 valence electrons. The van der Waals surface area contributed by atoms with Crippen LogP contribution < -0.4 is 4.90 Å². The van der Waals surface area contributed by atoms with Gasteiger partial charge >= 0.3 is 0 Å².